The smallest absolute Gasteiger partial charge is 0.372 e. The summed E-state index contributed by atoms with van der Waals surface area (Å²) in [6.45, 7) is -1.67. The lowest BCUT2D eigenvalue weighted by atomic mass is 10.3. The van der Waals surface area contributed by atoms with Crippen molar-refractivity contribution in [2.24, 2.45) is 0 Å². The number of aryl methyl sites for hydroxylation is 1. The molecule has 0 saturated carbocycles. The van der Waals surface area contributed by atoms with Gasteiger partial charge in [0.1, 0.15) is 6.61 Å². The van der Waals surface area contributed by atoms with Gasteiger partial charge < -0.3 is 4.74 Å². The second kappa shape index (κ2) is 6.20. The third-order valence-corrected chi connectivity index (χ3v) is 1.97. The summed E-state index contributed by atoms with van der Waals surface area (Å²) in [5.41, 5.74) is -0.867. The van der Waals surface area contributed by atoms with Crippen LogP contribution in [0.25, 0.3) is 0 Å². The molecule has 1 aromatic heterocycles. The highest BCUT2D eigenvalue weighted by Gasteiger charge is 2.41. The molecule has 5 nitrogen and oxygen atoms in total. The van der Waals surface area contributed by atoms with Gasteiger partial charge in [-0.15, -0.1) is 5.10 Å². The molecule has 1 rings (SSSR count). The number of Topliss-reactive ketones (excluding diaryl/α,β-unsaturated/α-hetero) is 1. The zero-order valence-corrected chi connectivity index (χ0v) is 9.83. The first-order valence-electron chi connectivity index (χ1n) is 5.26. The van der Waals surface area contributed by atoms with Gasteiger partial charge in [-0.1, -0.05) is 5.21 Å². The Bertz CT molecular complexity index is 453. The summed E-state index contributed by atoms with van der Waals surface area (Å²) >= 11 is 0. The van der Waals surface area contributed by atoms with Crippen molar-refractivity contribution in [3.05, 3.63) is 11.9 Å². The normalized spacial score (nSPS) is 12.7. The molecule has 114 valence electrons. The van der Waals surface area contributed by atoms with Crippen LogP contribution in [0.5, 0.6) is 0 Å². The van der Waals surface area contributed by atoms with Crippen LogP contribution in [0.15, 0.2) is 6.20 Å². The summed E-state index contributed by atoms with van der Waals surface area (Å²) in [7, 11) is 0. The van der Waals surface area contributed by atoms with Gasteiger partial charge in [0.05, 0.1) is 6.20 Å². The predicted octanol–water partition coefficient (Wildman–Crippen LogP) is 1.99. The number of nitrogens with zero attached hydrogens (tertiary/aromatic N) is 3. The van der Waals surface area contributed by atoms with Crippen molar-refractivity contribution >= 4 is 5.78 Å². The second-order valence-corrected chi connectivity index (χ2v) is 3.72. The van der Waals surface area contributed by atoms with Crippen LogP contribution in [0.1, 0.15) is 16.9 Å². The third-order valence-electron chi connectivity index (χ3n) is 1.97. The maximum atomic E-state index is 12.1. The van der Waals surface area contributed by atoms with E-state index in [2.05, 4.69) is 15.0 Å². The van der Waals surface area contributed by atoms with Crippen molar-refractivity contribution in [2.45, 2.75) is 25.3 Å². The highest BCUT2D eigenvalue weighted by atomic mass is 19.4. The van der Waals surface area contributed by atoms with Crippen LogP contribution >= 0.6 is 0 Å². The molecule has 20 heavy (non-hydrogen) atoms. The van der Waals surface area contributed by atoms with Crippen molar-refractivity contribution in [3.63, 3.8) is 0 Å². The van der Waals surface area contributed by atoms with Gasteiger partial charge in [-0.25, -0.2) is 0 Å². The molecular weight excluding hydrogens is 296 g/mol. The van der Waals surface area contributed by atoms with Crippen molar-refractivity contribution in [2.75, 3.05) is 13.2 Å². The van der Waals surface area contributed by atoms with Gasteiger partial charge in [0.15, 0.2) is 5.69 Å². The zero-order chi connectivity index (χ0) is 15.4. The molecule has 0 aromatic carbocycles. The Labute approximate surface area is 108 Å². The monoisotopic (exact) mass is 305 g/mol. The molecule has 0 aliphatic rings. The fraction of sp³-hybridized carbons (Fsp3) is 0.667. The van der Waals surface area contributed by atoms with E-state index >= 15 is 0 Å². The quantitative estimate of drug-likeness (QED) is 0.458. The molecule has 0 N–H and O–H groups in total. The van der Waals surface area contributed by atoms with Crippen molar-refractivity contribution < 1.29 is 35.9 Å². The lowest BCUT2D eigenvalue weighted by molar-refractivity contribution is -0.174. The van der Waals surface area contributed by atoms with E-state index in [1.165, 1.54) is 0 Å². The van der Waals surface area contributed by atoms with Crippen LogP contribution in [0.2, 0.25) is 0 Å². The number of carbonyl (C=O) groups is 1. The molecule has 11 heteroatoms. The number of rotatable bonds is 6. The van der Waals surface area contributed by atoms with Crippen molar-refractivity contribution in [1.29, 1.82) is 0 Å². The van der Waals surface area contributed by atoms with Crippen molar-refractivity contribution in [3.8, 4) is 0 Å². The SMILES string of the molecule is O=C(c1cn(CCCOCC(F)(F)F)nn1)C(F)(F)F. The van der Waals surface area contributed by atoms with E-state index in [0.29, 0.717) is 0 Å². The molecule has 0 aliphatic heterocycles. The Hall–Kier alpha value is -1.65. The maximum Gasteiger partial charge on any atom is 0.456 e. The van der Waals surface area contributed by atoms with E-state index in [-0.39, 0.29) is 19.6 Å². The lowest BCUT2D eigenvalue weighted by Gasteiger charge is -2.07. The summed E-state index contributed by atoms with van der Waals surface area (Å²) in [6.07, 6.45) is -8.62. The summed E-state index contributed by atoms with van der Waals surface area (Å²) in [4.78, 5) is 10.8. The Balaban J connectivity index is 2.36. The molecule has 0 atom stereocenters. The Morgan fingerprint density at radius 2 is 1.90 bits per heavy atom. The lowest BCUT2D eigenvalue weighted by Crippen LogP contribution is -2.23. The Kier molecular flexibility index (Phi) is 5.09. The van der Waals surface area contributed by atoms with E-state index in [0.717, 1.165) is 10.9 Å². The van der Waals surface area contributed by atoms with Gasteiger partial charge in [0.2, 0.25) is 0 Å². The molecule has 0 radical (unpaired) electrons. The van der Waals surface area contributed by atoms with Crippen molar-refractivity contribution in [1.82, 2.24) is 15.0 Å². The average molecular weight is 305 g/mol. The standard InChI is InChI=1S/C9H9F6N3O2/c10-8(11,12)5-20-3-1-2-18-4-6(16-17-18)7(19)9(13,14)15/h4H,1-3,5H2. The summed E-state index contributed by atoms with van der Waals surface area (Å²) < 4.78 is 76.5. The van der Waals surface area contributed by atoms with Crippen LogP contribution < -0.4 is 0 Å². The first-order chi connectivity index (χ1) is 9.09. The van der Waals surface area contributed by atoms with E-state index < -0.39 is 30.4 Å². The third kappa shape index (κ3) is 5.55. The van der Waals surface area contributed by atoms with Gasteiger partial charge in [0.25, 0.3) is 5.78 Å². The van der Waals surface area contributed by atoms with E-state index in [4.69, 9.17) is 0 Å². The number of carbonyl (C=O) groups excluding carboxylic acids is 1. The number of ketones is 1. The van der Waals surface area contributed by atoms with Gasteiger partial charge in [-0.05, 0) is 6.42 Å². The minimum absolute atomic E-state index is 0.0179. The number of hydrogen-bond donors (Lipinski definition) is 0. The molecule has 1 heterocycles. The zero-order valence-electron chi connectivity index (χ0n) is 9.83. The van der Waals surface area contributed by atoms with Crippen LogP contribution in [-0.2, 0) is 11.3 Å². The predicted molar refractivity (Wildman–Crippen MR) is 51.9 cm³/mol. The fourth-order valence-corrected chi connectivity index (χ4v) is 1.17. The minimum Gasteiger partial charge on any atom is -0.372 e. The molecule has 0 amide bonds. The van der Waals surface area contributed by atoms with Gasteiger partial charge in [-0.2, -0.15) is 26.3 Å². The maximum absolute atomic E-state index is 12.1. The average Bonchev–Trinajstić information content (AvgIpc) is 2.73. The number of hydrogen-bond acceptors (Lipinski definition) is 4. The van der Waals surface area contributed by atoms with Crippen LogP contribution in [0.3, 0.4) is 0 Å². The molecule has 1 aromatic rings. The first-order valence-corrected chi connectivity index (χ1v) is 5.26. The minimum atomic E-state index is -5.04. The second-order valence-electron chi connectivity index (χ2n) is 3.72. The largest absolute Gasteiger partial charge is 0.456 e. The molecule has 0 aliphatic carbocycles. The molecule has 0 unspecified atom stereocenters. The number of halogens is 6. The van der Waals surface area contributed by atoms with Gasteiger partial charge in [0, 0.05) is 13.2 Å². The highest BCUT2D eigenvalue weighted by Crippen LogP contribution is 2.19. The molecule has 0 saturated heterocycles. The number of alkyl halides is 6. The van der Waals surface area contributed by atoms with Crippen LogP contribution in [0, 0.1) is 0 Å². The van der Waals surface area contributed by atoms with Gasteiger partial charge in [-0.3, -0.25) is 9.48 Å². The van der Waals surface area contributed by atoms with E-state index in [9.17, 15) is 31.1 Å². The number of ether oxygens (including phenoxy) is 1. The van der Waals surface area contributed by atoms with Crippen LogP contribution in [0.4, 0.5) is 26.3 Å². The van der Waals surface area contributed by atoms with E-state index in [1.54, 1.807) is 0 Å². The fourth-order valence-electron chi connectivity index (χ4n) is 1.17. The molecule has 0 fully saturated rings. The molecule has 0 spiro atoms. The van der Waals surface area contributed by atoms with Gasteiger partial charge >= 0.3 is 12.4 Å². The Morgan fingerprint density at radius 1 is 1.25 bits per heavy atom. The number of aromatic nitrogens is 3. The summed E-state index contributed by atoms with van der Waals surface area (Å²) in [6, 6.07) is 0. The van der Waals surface area contributed by atoms with E-state index in [1.807, 2.05) is 0 Å². The Morgan fingerprint density at radius 3 is 2.45 bits per heavy atom. The molecular formula is C9H9F6N3O2. The molecule has 0 bridgehead atoms. The van der Waals surface area contributed by atoms with Crippen LogP contribution in [-0.4, -0.2) is 46.3 Å². The first kappa shape index (κ1) is 16.4. The highest BCUT2D eigenvalue weighted by molar-refractivity contribution is 5.98. The summed E-state index contributed by atoms with van der Waals surface area (Å²) in [5.74, 6) is -2.13. The summed E-state index contributed by atoms with van der Waals surface area (Å²) in [5, 5.41) is 6.31. The topological polar surface area (TPSA) is 57.0 Å².